The Balaban J connectivity index is 1.87. The Morgan fingerprint density at radius 2 is 2.12 bits per heavy atom. The molecule has 2 aromatic heterocycles. The maximum Gasteiger partial charge on any atom is 0.328 e. The number of hydrogen-bond acceptors (Lipinski definition) is 4. The zero-order valence-electron chi connectivity index (χ0n) is 14.9. The first-order valence-electron chi connectivity index (χ1n) is 8.61. The number of carbonyl (C=O) groups excluding carboxylic acids is 2. The van der Waals surface area contributed by atoms with Crippen molar-refractivity contribution >= 4 is 23.2 Å². The van der Waals surface area contributed by atoms with Crippen molar-refractivity contribution in [1.29, 1.82) is 0 Å². The quantitative estimate of drug-likeness (QED) is 0.786. The summed E-state index contributed by atoms with van der Waals surface area (Å²) in [6.07, 6.45) is 2.54. The van der Waals surface area contributed by atoms with E-state index in [4.69, 9.17) is 4.74 Å². The summed E-state index contributed by atoms with van der Waals surface area (Å²) in [5.41, 5.74) is 2.69. The smallest absolute Gasteiger partial charge is 0.328 e. The van der Waals surface area contributed by atoms with Crippen molar-refractivity contribution in [2.24, 2.45) is 0 Å². The first-order valence-corrected chi connectivity index (χ1v) is 9.48. The van der Waals surface area contributed by atoms with Gasteiger partial charge in [-0.05, 0) is 50.6 Å². The average molecular weight is 360 g/mol. The molecule has 3 heterocycles. The zero-order chi connectivity index (χ0) is 18.0. The fourth-order valence-corrected chi connectivity index (χ4v) is 4.22. The molecule has 2 aromatic rings. The van der Waals surface area contributed by atoms with Crippen molar-refractivity contribution in [3.8, 4) is 0 Å². The molecule has 1 amide bonds. The Morgan fingerprint density at radius 1 is 1.32 bits per heavy atom. The van der Waals surface area contributed by atoms with Crippen LogP contribution in [-0.4, -0.2) is 41.0 Å². The molecule has 0 aliphatic carbocycles. The number of rotatable bonds is 4. The summed E-state index contributed by atoms with van der Waals surface area (Å²) in [7, 11) is 1.38. The number of nitrogens with zero attached hydrogens (tertiary/aromatic N) is 2. The van der Waals surface area contributed by atoms with Crippen molar-refractivity contribution in [2.75, 3.05) is 13.7 Å². The van der Waals surface area contributed by atoms with Crippen LogP contribution in [0.1, 0.15) is 45.9 Å². The van der Waals surface area contributed by atoms with Crippen LogP contribution in [0.3, 0.4) is 0 Å². The Kier molecular flexibility index (Phi) is 5.27. The fourth-order valence-electron chi connectivity index (χ4n) is 3.53. The standard InChI is InChI=1S/C19H24N2O3S/c1-13-11-16(14(2)21(13)12-15-7-6-10-25-15)18(22)20-9-5-4-8-17(20)19(23)24-3/h6-7,10-11,17H,4-5,8-9,12H2,1-3H3. The Hall–Kier alpha value is -2.08. The normalized spacial score (nSPS) is 17.6. The first-order chi connectivity index (χ1) is 12.0. The van der Waals surface area contributed by atoms with Gasteiger partial charge < -0.3 is 14.2 Å². The molecule has 25 heavy (non-hydrogen) atoms. The van der Waals surface area contributed by atoms with E-state index in [1.807, 2.05) is 26.0 Å². The minimum Gasteiger partial charge on any atom is -0.467 e. The lowest BCUT2D eigenvalue weighted by molar-refractivity contribution is -0.147. The molecule has 134 valence electrons. The Bertz CT molecular complexity index is 764. The van der Waals surface area contributed by atoms with Gasteiger partial charge in [-0.3, -0.25) is 4.79 Å². The minimum absolute atomic E-state index is 0.0689. The number of piperidine rings is 1. The first kappa shape index (κ1) is 17.7. The van der Waals surface area contributed by atoms with Crippen molar-refractivity contribution < 1.29 is 14.3 Å². The molecule has 1 aliphatic heterocycles. The lowest BCUT2D eigenvalue weighted by atomic mass is 10.0. The van der Waals surface area contributed by atoms with E-state index in [1.54, 1.807) is 16.2 Å². The topological polar surface area (TPSA) is 51.5 Å². The van der Waals surface area contributed by atoms with E-state index < -0.39 is 6.04 Å². The van der Waals surface area contributed by atoms with Gasteiger partial charge >= 0.3 is 5.97 Å². The van der Waals surface area contributed by atoms with Crippen LogP contribution in [-0.2, 0) is 16.1 Å². The van der Waals surface area contributed by atoms with E-state index >= 15 is 0 Å². The van der Waals surface area contributed by atoms with Gasteiger partial charge in [0.15, 0.2) is 0 Å². The van der Waals surface area contributed by atoms with Crippen LogP contribution in [0.4, 0.5) is 0 Å². The number of ether oxygens (including phenoxy) is 1. The van der Waals surface area contributed by atoms with Gasteiger partial charge in [-0.2, -0.15) is 0 Å². The highest BCUT2D eigenvalue weighted by Gasteiger charge is 2.34. The van der Waals surface area contributed by atoms with Crippen molar-refractivity contribution in [3.05, 3.63) is 45.4 Å². The molecular formula is C19H24N2O3S. The van der Waals surface area contributed by atoms with Crippen molar-refractivity contribution in [3.63, 3.8) is 0 Å². The fraction of sp³-hybridized carbons (Fsp3) is 0.474. The van der Waals surface area contributed by atoms with Crippen LogP contribution in [0.2, 0.25) is 0 Å². The number of hydrogen-bond donors (Lipinski definition) is 0. The lowest BCUT2D eigenvalue weighted by Gasteiger charge is -2.33. The van der Waals surface area contributed by atoms with E-state index in [9.17, 15) is 9.59 Å². The van der Waals surface area contributed by atoms with E-state index in [1.165, 1.54) is 12.0 Å². The highest BCUT2D eigenvalue weighted by Crippen LogP contribution is 2.25. The molecule has 0 saturated carbocycles. The van der Waals surface area contributed by atoms with Crippen molar-refractivity contribution in [1.82, 2.24) is 9.47 Å². The summed E-state index contributed by atoms with van der Waals surface area (Å²) >= 11 is 1.71. The van der Waals surface area contributed by atoms with E-state index in [0.29, 0.717) is 18.5 Å². The summed E-state index contributed by atoms with van der Waals surface area (Å²) in [5, 5.41) is 2.06. The maximum absolute atomic E-state index is 13.1. The van der Waals surface area contributed by atoms with Crippen LogP contribution in [0, 0.1) is 13.8 Å². The van der Waals surface area contributed by atoms with E-state index in [-0.39, 0.29) is 11.9 Å². The number of aryl methyl sites for hydroxylation is 1. The average Bonchev–Trinajstić information content (AvgIpc) is 3.24. The summed E-state index contributed by atoms with van der Waals surface area (Å²) < 4.78 is 7.06. The van der Waals surface area contributed by atoms with Gasteiger partial charge in [0.05, 0.1) is 19.2 Å². The van der Waals surface area contributed by atoms with Crippen LogP contribution in [0.25, 0.3) is 0 Å². The third-order valence-corrected chi connectivity index (χ3v) is 5.80. The van der Waals surface area contributed by atoms with Gasteiger partial charge in [-0.15, -0.1) is 11.3 Å². The third-order valence-electron chi connectivity index (χ3n) is 4.94. The highest BCUT2D eigenvalue weighted by atomic mass is 32.1. The van der Waals surface area contributed by atoms with Crippen LogP contribution in [0.15, 0.2) is 23.6 Å². The molecule has 5 nitrogen and oxygen atoms in total. The van der Waals surface area contributed by atoms with Crippen LogP contribution < -0.4 is 0 Å². The number of esters is 1. The van der Waals surface area contributed by atoms with Gasteiger partial charge in [0.1, 0.15) is 6.04 Å². The summed E-state index contributed by atoms with van der Waals surface area (Å²) in [6.45, 7) is 5.37. The largest absolute Gasteiger partial charge is 0.467 e. The monoisotopic (exact) mass is 360 g/mol. The highest BCUT2D eigenvalue weighted by molar-refractivity contribution is 7.09. The second kappa shape index (κ2) is 7.44. The number of carbonyl (C=O) groups is 2. The molecule has 0 N–H and O–H groups in total. The predicted molar refractivity (Wildman–Crippen MR) is 98.0 cm³/mol. The molecule has 1 aliphatic rings. The van der Waals surface area contributed by atoms with E-state index in [2.05, 4.69) is 16.0 Å². The molecular weight excluding hydrogens is 336 g/mol. The Morgan fingerprint density at radius 3 is 2.80 bits per heavy atom. The molecule has 0 spiro atoms. The maximum atomic E-state index is 13.1. The summed E-state index contributed by atoms with van der Waals surface area (Å²) in [5.74, 6) is -0.388. The van der Waals surface area contributed by atoms with Gasteiger partial charge in [0, 0.05) is 22.8 Å². The molecule has 1 unspecified atom stereocenters. The molecule has 6 heteroatoms. The molecule has 0 radical (unpaired) electrons. The third kappa shape index (κ3) is 3.49. The molecule has 3 rings (SSSR count). The van der Waals surface area contributed by atoms with Gasteiger partial charge in [0.2, 0.25) is 0 Å². The molecule has 1 saturated heterocycles. The second-order valence-corrected chi connectivity index (χ2v) is 7.52. The number of thiophene rings is 1. The predicted octanol–water partition coefficient (Wildman–Crippen LogP) is 3.38. The second-order valence-electron chi connectivity index (χ2n) is 6.48. The summed E-state index contributed by atoms with van der Waals surface area (Å²) in [4.78, 5) is 28.1. The number of aromatic nitrogens is 1. The van der Waals surface area contributed by atoms with E-state index in [0.717, 1.165) is 30.8 Å². The summed E-state index contributed by atoms with van der Waals surface area (Å²) in [6, 6.07) is 5.61. The minimum atomic E-state index is -0.466. The van der Waals surface area contributed by atoms with Gasteiger partial charge in [0.25, 0.3) is 5.91 Å². The molecule has 1 atom stereocenters. The van der Waals surface area contributed by atoms with Crippen molar-refractivity contribution in [2.45, 2.75) is 45.7 Å². The number of likely N-dealkylation sites (tertiary alicyclic amines) is 1. The Labute approximate surface area is 152 Å². The zero-order valence-corrected chi connectivity index (χ0v) is 15.8. The SMILES string of the molecule is COC(=O)C1CCCCN1C(=O)c1cc(C)n(Cc2cccs2)c1C. The molecule has 0 aromatic carbocycles. The molecule has 1 fully saturated rings. The molecule has 0 bridgehead atoms. The van der Waals surface area contributed by atoms with Crippen LogP contribution >= 0.6 is 11.3 Å². The van der Waals surface area contributed by atoms with Gasteiger partial charge in [-0.25, -0.2) is 4.79 Å². The van der Waals surface area contributed by atoms with Gasteiger partial charge in [-0.1, -0.05) is 6.07 Å². The lowest BCUT2D eigenvalue weighted by Crippen LogP contribution is -2.48. The number of methoxy groups -OCH3 is 1. The van der Waals surface area contributed by atoms with Crippen LogP contribution in [0.5, 0.6) is 0 Å². The number of amides is 1.